The van der Waals surface area contributed by atoms with Crippen molar-refractivity contribution < 1.29 is 4.79 Å². The second kappa shape index (κ2) is 3.89. The smallest absolute Gasteiger partial charge is 0.227 e. The van der Waals surface area contributed by atoms with Crippen LogP contribution >= 0.6 is 0 Å². The number of pyridine rings is 1. The summed E-state index contributed by atoms with van der Waals surface area (Å²) in [6, 6.07) is 3.73. The summed E-state index contributed by atoms with van der Waals surface area (Å²) in [7, 11) is 0. The highest BCUT2D eigenvalue weighted by Crippen LogP contribution is 2.48. The van der Waals surface area contributed by atoms with Crippen LogP contribution in [0.1, 0.15) is 25.7 Å². The summed E-state index contributed by atoms with van der Waals surface area (Å²) in [5.41, 5.74) is 0.815. The number of amides is 1. The van der Waals surface area contributed by atoms with Crippen molar-refractivity contribution in [3.05, 3.63) is 24.5 Å². The maximum Gasteiger partial charge on any atom is 0.227 e. The molecule has 1 heterocycles. The zero-order valence-electron chi connectivity index (χ0n) is 9.23. The number of anilines is 1. The van der Waals surface area contributed by atoms with Gasteiger partial charge in [0.2, 0.25) is 5.91 Å². The van der Waals surface area contributed by atoms with Crippen LogP contribution in [0.15, 0.2) is 24.5 Å². The summed E-state index contributed by atoms with van der Waals surface area (Å²) in [5.74, 6) is 1.90. The quantitative estimate of drug-likeness (QED) is 0.825. The molecule has 2 aliphatic rings. The molecule has 1 aromatic heterocycles. The highest BCUT2D eigenvalue weighted by atomic mass is 16.1. The molecule has 0 radical (unpaired) electrons. The van der Waals surface area contributed by atoms with Crippen molar-refractivity contribution in [2.45, 2.75) is 25.7 Å². The van der Waals surface area contributed by atoms with E-state index in [1.165, 1.54) is 19.3 Å². The van der Waals surface area contributed by atoms with Crippen molar-refractivity contribution in [3.63, 3.8) is 0 Å². The summed E-state index contributed by atoms with van der Waals surface area (Å²) >= 11 is 0. The van der Waals surface area contributed by atoms with E-state index in [9.17, 15) is 4.79 Å². The van der Waals surface area contributed by atoms with Gasteiger partial charge in [-0.2, -0.15) is 0 Å². The van der Waals surface area contributed by atoms with Crippen LogP contribution in [0.25, 0.3) is 0 Å². The number of nitrogens with one attached hydrogen (secondary N) is 1. The zero-order valence-corrected chi connectivity index (χ0v) is 9.23. The van der Waals surface area contributed by atoms with Crippen LogP contribution in [0.3, 0.4) is 0 Å². The molecule has 2 aliphatic carbocycles. The first-order valence-electron chi connectivity index (χ1n) is 6.04. The van der Waals surface area contributed by atoms with Gasteiger partial charge >= 0.3 is 0 Å². The third kappa shape index (κ3) is 1.70. The molecule has 2 saturated carbocycles. The molecule has 1 N–H and O–H groups in total. The van der Waals surface area contributed by atoms with Crippen LogP contribution < -0.4 is 5.32 Å². The molecule has 0 unspecified atom stereocenters. The summed E-state index contributed by atoms with van der Waals surface area (Å²) in [6.45, 7) is 0. The van der Waals surface area contributed by atoms with E-state index in [-0.39, 0.29) is 11.8 Å². The summed E-state index contributed by atoms with van der Waals surface area (Å²) in [6.07, 6.45) is 8.36. The first kappa shape index (κ1) is 9.82. The van der Waals surface area contributed by atoms with Crippen molar-refractivity contribution in [2.75, 3.05) is 5.32 Å². The van der Waals surface area contributed by atoms with E-state index < -0.39 is 0 Å². The molecule has 0 aromatic carbocycles. The van der Waals surface area contributed by atoms with Crippen LogP contribution in [0, 0.1) is 17.8 Å². The normalized spacial score (nSPS) is 31.6. The Kier molecular flexibility index (Phi) is 2.39. The lowest BCUT2D eigenvalue weighted by Gasteiger charge is -2.20. The lowest BCUT2D eigenvalue weighted by Crippen LogP contribution is -2.27. The summed E-state index contributed by atoms with van der Waals surface area (Å²) < 4.78 is 0. The van der Waals surface area contributed by atoms with Crippen molar-refractivity contribution in [2.24, 2.45) is 17.8 Å². The van der Waals surface area contributed by atoms with E-state index in [0.29, 0.717) is 5.92 Å². The van der Waals surface area contributed by atoms with Gasteiger partial charge in [-0.1, -0.05) is 6.42 Å². The number of fused-ring (bicyclic) bond motifs is 2. The molecule has 0 spiro atoms. The minimum absolute atomic E-state index is 0.195. The molecule has 3 heteroatoms. The molecular formula is C13H16N2O. The average Bonchev–Trinajstić information content (AvgIpc) is 2.92. The SMILES string of the molecule is O=C(Nc1cccnc1)[C@H]1C[C@H]2CC[C@@H]1C2. The van der Waals surface area contributed by atoms with Gasteiger partial charge in [-0.05, 0) is 43.2 Å². The van der Waals surface area contributed by atoms with Gasteiger partial charge in [0.25, 0.3) is 0 Å². The van der Waals surface area contributed by atoms with Crippen molar-refractivity contribution in [1.29, 1.82) is 0 Å². The highest BCUT2D eigenvalue weighted by Gasteiger charge is 2.42. The van der Waals surface area contributed by atoms with E-state index in [1.54, 1.807) is 12.4 Å². The van der Waals surface area contributed by atoms with Crippen LogP contribution in [-0.2, 0) is 4.79 Å². The van der Waals surface area contributed by atoms with Gasteiger partial charge in [0, 0.05) is 12.1 Å². The topological polar surface area (TPSA) is 42.0 Å². The number of nitrogens with zero attached hydrogens (tertiary/aromatic N) is 1. The fourth-order valence-corrected chi connectivity index (χ4v) is 3.24. The van der Waals surface area contributed by atoms with Gasteiger partial charge < -0.3 is 5.32 Å². The molecule has 2 bridgehead atoms. The maximum atomic E-state index is 12.1. The van der Waals surface area contributed by atoms with Gasteiger partial charge in [0.1, 0.15) is 0 Å². The second-order valence-corrected chi connectivity index (χ2v) is 5.01. The third-order valence-electron chi connectivity index (χ3n) is 4.00. The van der Waals surface area contributed by atoms with E-state index in [2.05, 4.69) is 10.3 Å². The molecule has 1 aromatic rings. The maximum absolute atomic E-state index is 12.1. The molecule has 1 amide bonds. The van der Waals surface area contributed by atoms with E-state index in [1.807, 2.05) is 12.1 Å². The standard InChI is InChI=1S/C13H16N2O/c16-13(15-11-2-1-5-14-8-11)12-7-9-3-4-10(12)6-9/h1-2,5,8-10,12H,3-4,6-7H2,(H,15,16)/t9-,10+,12-/m0/s1. The van der Waals surface area contributed by atoms with Crippen LogP contribution in [-0.4, -0.2) is 10.9 Å². The van der Waals surface area contributed by atoms with Crippen molar-refractivity contribution in [3.8, 4) is 0 Å². The summed E-state index contributed by atoms with van der Waals surface area (Å²) in [5, 5.41) is 2.97. The average molecular weight is 216 g/mol. The molecule has 3 nitrogen and oxygen atoms in total. The number of rotatable bonds is 2. The number of hydrogen-bond acceptors (Lipinski definition) is 2. The number of aromatic nitrogens is 1. The molecule has 0 saturated heterocycles. The number of hydrogen-bond donors (Lipinski definition) is 1. The highest BCUT2D eigenvalue weighted by molar-refractivity contribution is 5.92. The Hall–Kier alpha value is -1.38. The van der Waals surface area contributed by atoms with Crippen LogP contribution in [0.4, 0.5) is 5.69 Å². The van der Waals surface area contributed by atoms with E-state index >= 15 is 0 Å². The predicted molar refractivity (Wildman–Crippen MR) is 61.8 cm³/mol. The third-order valence-corrected chi connectivity index (χ3v) is 4.00. The largest absolute Gasteiger partial charge is 0.324 e. The Bertz CT molecular complexity index is 390. The second-order valence-electron chi connectivity index (χ2n) is 5.01. The fraction of sp³-hybridized carbons (Fsp3) is 0.538. The molecule has 16 heavy (non-hydrogen) atoms. The Morgan fingerprint density at radius 1 is 1.38 bits per heavy atom. The Morgan fingerprint density at radius 3 is 2.94 bits per heavy atom. The monoisotopic (exact) mass is 216 g/mol. The van der Waals surface area contributed by atoms with Gasteiger partial charge in [-0.3, -0.25) is 9.78 Å². The Labute approximate surface area is 95.3 Å². The van der Waals surface area contributed by atoms with E-state index in [0.717, 1.165) is 18.0 Å². The van der Waals surface area contributed by atoms with Gasteiger partial charge in [0.15, 0.2) is 0 Å². The minimum atomic E-state index is 0.195. The Balaban J connectivity index is 1.66. The molecule has 3 atom stereocenters. The summed E-state index contributed by atoms with van der Waals surface area (Å²) in [4.78, 5) is 16.1. The van der Waals surface area contributed by atoms with Crippen molar-refractivity contribution >= 4 is 11.6 Å². The molecule has 2 fully saturated rings. The number of carbonyl (C=O) groups is 1. The minimum Gasteiger partial charge on any atom is -0.324 e. The van der Waals surface area contributed by atoms with Crippen LogP contribution in [0.2, 0.25) is 0 Å². The predicted octanol–water partition coefficient (Wildman–Crippen LogP) is 2.46. The number of carbonyl (C=O) groups excluding carboxylic acids is 1. The van der Waals surface area contributed by atoms with Gasteiger partial charge in [-0.15, -0.1) is 0 Å². The zero-order chi connectivity index (χ0) is 11.0. The lowest BCUT2D eigenvalue weighted by molar-refractivity contribution is -0.121. The van der Waals surface area contributed by atoms with Gasteiger partial charge in [0.05, 0.1) is 11.9 Å². The Morgan fingerprint density at radius 2 is 2.31 bits per heavy atom. The fourth-order valence-electron chi connectivity index (χ4n) is 3.24. The van der Waals surface area contributed by atoms with Gasteiger partial charge in [-0.25, -0.2) is 0 Å². The molecular weight excluding hydrogens is 200 g/mol. The molecule has 84 valence electrons. The van der Waals surface area contributed by atoms with E-state index in [4.69, 9.17) is 0 Å². The molecule has 3 rings (SSSR count). The lowest BCUT2D eigenvalue weighted by atomic mass is 9.88. The first-order chi connectivity index (χ1) is 7.83. The first-order valence-corrected chi connectivity index (χ1v) is 6.04. The molecule has 0 aliphatic heterocycles. The van der Waals surface area contributed by atoms with Crippen molar-refractivity contribution in [1.82, 2.24) is 4.98 Å². The van der Waals surface area contributed by atoms with Crippen LogP contribution in [0.5, 0.6) is 0 Å².